The van der Waals surface area contributed by atoms with Crippen molar-refractivity contribution < 1.29 is 8.78 Å². The summed E-state index contributed by atoms with van der Waals surface area (Å²) in [7, 11) is 0. The van der Waals surface area contributed by atoms with Crippen LogP contribution in [0.5, 0.6) is 0 Å². The Morgan fingerprint density at radius 2 is 2.08 bits per heavy atom. The molecule has 0 aliphatic carbocycles. The first-order valence-corrected chi connectivity index (χ1v) is 4.51. The summed E-state index contributed by atoms with van der Waals surface area (Å²) in [5.41, 5.74) is 1.12. The maximum atomic E-state index is 12.2. The van der Waals surface area contributed by atoms with Crippen LogP contribution in [-0.2, 0) is 6.42 Å². The summed E-state index contributed by atoms with van der Waals surface area (Å²) in [6, 6.07) is 4.67. The highest BCUT2D eigenvalue weighted by atomic mass is 79.9. The predicted molar refractivity (Wildman–Crippen MR) is 48.5 cm³/mol. The lowest BCUT2D eigenvalue weighted by atomic mass is 10.1. The average molecular weight is 235 g/mol. The number of aryl methyl sites for hydroxylation is 1. The fourth-order valence-electron chi connectivity index (χ4n) is 0.986. The molecule has 0 atom stereocenters. The summed E-state index contributed by atoms with van der Waals surface area (Å²) >= 11 is 3.24. The average Bonchev–Trinajstić information content (AvgIpc) is 2.04. The third-order valence-electron chi connectivity index (χ3n) is 1.71. The summed E-state index contributed by atoms with van der Waals surface area (Å²) in [5.74, 6) is 0. The summed E-state index contributed by atoms with van der Waals surface area (Å²) in [4.78, 5) is 0. The zero-order chi connectivity index (χ0) is 9.14. The Bertz CT molecular complexity index is 271. The van der Waals surface area contributed by atoms with Gasteiger partial charge in [-0.25, -0.2) is 8.78 Å². The lowest BCUT2D eigenvalue weighted by Gasteiger charge is -2.04. The van der Waals surface area contributed by atoms with E-state index in [-0.39, 0.29) is 5.56 Å². The van der Waals surface area contributed by atoms with Crippen LogP contribution in [0.1, 0.15) is 24.5 Å². The molecule has 1 aromatic rings. The minimum absolute atomic E-state index is 0.0686. The molecular formula is C9H9BrF2. The summed E-state index contributed by atoms with van der Waals surface area (Å²) in [6.07, 6.45) is -1.53. The highest BCUT2D eigenvalue weighted by molar-refractivity contribution is 9.10. The monoisotopic (exact) mass is 234 g/mol. The van der Waals surface area contributed by atoms with E-state index in [1.54, 1.807) is 6.07 Å². The normalized spacial score (nSPS) is 10.8. The van der Waals surface area contributed by atoms with Gasteiger partial charge >= 0.3 is 0 Å². The van der Waals surface area contributed by atoms with E-state index in [1.165, 1.54) is 12.1 Å². The molecule has 0 bridgehead atoms. The van der Waals surface area contributed by atoms with Crippen LogP contribution in [0.3, 0.4) is 0 Å². The molecule has 0 amide bonds. The van der Waals surface area contributed by atoms with Crippen molar-refractivity contribution in [2.24, 2.45) is 0 Å². The molecule has 0 aliphatic rings. The molecule has 0 heterocycles. The topological polar surface area (TPSA) is 0 Å². The van der Waals surface area contributed by atoms with Crippen molar-refractivity contribution in [1.82, 2.24) is 0 Å². The Kier molecular flexibility index (Phi) is 3.20. The van der Waals surface area contributed by atoms with Gasteiger partial charge in [0.1, 0.15) is 0 Å². The second kappa shape index (κ2) is 3.99. The minimum atomic E-state index is -2.38. The SMILES string of the molecule is CCc1ccc(C(F)F)cc1Br. The molecule has 0 aliphatic heterocycles. The van der Waals surface area contributed by atoms with Crippen molar-refractivity contribution >= 4 is 15.9 Å². The quantitative estimate of drug-likeness (QED) is 0.727. The van der Waals surface area contributed by atoms with Gasteiger partial charge in [0.15, 0.2) is 0 Å². The Morgan fingerprint density at radius 3 is 2.50 bits per heavy atom. The molecule has 3 heteroatoms. The maximum Gasteiger partial charge on any atom is 0.263 e. The van der Waals surface area contributed by atoms with Gasteiger partial charge in [0.2, 0.25) is 0 Å². The van der Waals surface area contributed by atoms with E-state index in [0.29, 0.717) is 0 Å². The predicted octanol–water partition coefficient (Wildman–Crippen LogP) is 3.95. The van der Waals surface area contributed by atoms with Gasteiger partial charge in [-0.15, -0.1) is 0 Å². The third kappa shape index (κ3) is 2.03. The third-order valence-corrected chi connectivity index (χ3v) is 2.45. The van der Waals surface area contributed by atoms with E-state index in [2.05, 4.69) is 15.9 Å². The van der Waals surface area contributed by atoms with Gasteiger partial charge < -0.3 is 0 Å². The zero-order valence-electron chi connectivity index (χ0n) is 6.65. The van der Waals surface area contributed by atoms with Crippen LogP contribution >= 0.6 is 15.9 Å². The second-order valence-electron chi connectivity index (χ2n) is 2.51. The molecule has 0 spiro atoms. The fourth-order valence-corrected chi connectivity index (χ4v) is 1.66. The van der Waals surface area contributed by atoms with Gasteiger partial charge in [0, 0.05) is 10.0 Å². The largest absolute Gasteiger partial charge is 0.263 e. The molecule has 66 valence electrons. The Balaban J connectivity index is 3.02. The summed E-state index contributed by atoms with van der Waals surface area (Å²) < 4.78 is 25.1. The van der Waals surface area contributed by atoms with Crippen LogP contribution in [0, 0.1) is 0 Å². The van der Waals surface area contributed by atoms with Gasteiger partial charge in [-0.2, -0.15) is 0 Å². The molecular weight excluding hydrogens is 226 g/mol. The van der Waals surface area contributed by atoms with Crippen LogP contribution in [0.25, 0.3) is 0 Å². The van der Waals surface area contributed by atoms with E-state index in [9.17, 15) is 8.78 Å². The molecule has 1 rings (SSSR count). The van der Waals surface area contributed by atoms with E-state index in [0.717, 1.165) is 16.5 Å². The fraction of sp³-hybridized carbons (Fsp3) is 0.333. The first-order chi connectivity index (χ1) is 5.65. The molecule has 0 saturated heterocycles. The molecule has 0 unspecified atom stereocenters. The Hall–Kier alpha value is -0.440. The van der Waals surface area contributed by atoms with Crippen molar-refractivity contribution in [2.75, 3.05) is 0 Å². The van der Waals surface area contributed by atoms with Crippen LogP contribution in [0.15, 0.2) is 22.7 Å². The number of halogens is 3. The second-order valence-corrected chi connectivity index (χ2v) is 3.36. The molecule has 0 radical (unpaired) electrons. The van der Waals surface area contributed by atoms with Crippen molar-refractivity contribution in [2.45, 2.75) is 19.8 Å². The molecule has 0 fully saturated rings. The summed E-state index contributed by atoms with van der Waals surface area (Å²) in [5, 5.41) is 0. The van der Waals surface area contributed by atoms with Crippen molar-refractivity contribution in [3.05, 3.63) is 33.8 Å². The van der Waals surface area contributed by atoms with Crippen molar-refractivity contribution in [3.8, 4) is 0 Å². The highest BCUT2D eigenvalue weighted by Crippen LogP contribution is 2.25. The number of rotatable bonds is 2. The number of benzene rings is 1. The van der Waals surface area contributed by atoms with Crippen LogP contribution < -0.4 is 0 Å². The highest BCUT2D eigenvalue weighted by Gasteiger charge is 2.08. The molecule has 1 aromatic carbocycles. The standard InChI is InChI=1S/C9H9BrF2/c1-2-6-3-4-7(9(11)12)5-8(6)10/h3-5,9H,2H2,1H3. The van der Waals surface area contributed by atoms with Crippen LogP contribution in [-0.4, -0.2) is 0 Å². The van der Waals surface area contributed by atoms with Crippen LogP contribution in [0.2, 0.25) is 0 Å². The van der Waals surface area contributed by atoms with E-state index in [4.69, 9.17) is 0 Å². The zero-order valence-corrected chi connectivity index (χ0v) is 8.24. The first kappa shape index (κ1) is 9.65. The van der Waals surface area contributed by atoms with E-state index < -0.39 is 6.43 Å². The van der Waals surface area contributed by atoms with Crippen molar-refractivity contribution in [1.29, 1.82) is 0 Å². The smallest absolute Gasteiger partial charge is 0.205 e. The number of hydrogen-bond donors (Lipinski definition) is 0. The van der Waals surface area contributed by atoms with E-state index >= 15 is 0 Å². The molecule has 12 heavy (non-hydrogen) atoms. The van der Waals surface area contributed by atoms with Crippen molar-refractivity contribution in [3.63, 3.8) is 0 Å². The van der Waals surface area contributed by atoms with Gasteiger partial charge in [-0.1, -0.05) is 35.0 Å². The van der Waals surface area contributed by atoms with E-state index in [1.807, 2.05) is 6.92 Å². The Morgan fingerprint density at radius 1 is 1.42 bits per heavy atom. The number of alkyl halides is 2. The van der Waals surface area contributed by atoms with Gasteiger partial charge in [0.25, 0.3) is 6.43 Å². The lowest BCUT2D eigenvalue weighted by Crippen LogP contribution is -1.87. The van der Waals surface area contributed by atoms with Gasteiger partial charge in [-0.3, -0.25) is 0 Å². The first-order valence-electron chi connectivity index (χ1n) is 3.71. The molecule has 0 saturated carbocycles. The van der Waals surface area contributed by atoms with Gasteiger partial charge in [-0.05, 0) is 18.1 Å². The molecule has 0 aromatic heterocycles. The lowest BCUT2D eigenvalue weighted by molar-refractivity contribution is 0.151. The maximum absolute atomic E-state index is 12.2. The Labute approximate surface area is 78.7 Å². The van der Waals surface area contributed by atoms with Gasteiger partial charge in [0.05, 0.1) is 0 Å². The van der Waals surface area contributed by atoms with Crippen LogP contribution in [0.4, 0.5) is 8.78 Å². The molecule has 0 nitrogen and oxygen atoms in total. The number of hydrogen-bond acceptors (Lipinski definition) is 0. The minimum Gasteiger partial charge on any atom is -0.205 e. The summed E-state index contributed by atoms with van der Waals surface area (Å²) in [6.45, 7) is 1.99. The molecule has 0 N–H and O–H groups in total.